The van der Waals surface area contributed by atoms with Gasteiger partial charge in [0.2, 0.25) is 0 Å². The summed E-state index contributed by atoms with van der Waals surface area (Å²) >= 11 is 6.82. The molecule has 1 heterocycles. The van der Waals surface area contributed by atoms with E-state index in [1.165, 1.54) is 11.3 Å². The van der Waals surface area contributed by atoms with E-state index in [1.807, 2.05) is 47.7 Å². The predicted molar refractivity (Wildman–Crippen MR) is 73.2 cm³/mol. The SMILES string of the molecule is CN(C(=S)Nc1nccs1)c1ccccc1. The first-order valence-corrected chi connectivity index (χ1v) is 6.05. The Morgan fingerprint density at radius 3 is 2.75 bits per heavy atom. The topological polar surface area (TPSA) is 28.2 Å². The van der Waals surface area contributed by atoms with Crippen molar-refractivity contribution in [3.05, 3.63) is 41.9 Å². The Morgan fingerprint density at radius 2 is 2.12 bits per heavy atom. The van der Waals surface area contributed by atoms with Crippen LogP contribution in [0.5, 0.6) is 0 Å². The van der Waals surface area contributed by atoms with E-state index in [1.54, 1.807) is 6.20 Å². The third kappa shape index (κ3) is 2.56. The Labute approximate surface area is 104 Å². The van der Waals surface area contributed by atoms with E-state index in [-0.39, 0.29) is 0 Å². The zero-order valence-electron chi connectivity index (χ0n) is 8.75. The average Bonchev–Trinajstić information content (AvgIpc) is 2.82. The van der Waals surface area contributed by atoms with E-state index in [9.17, 15) is 0 Å². The third-order valence-corrected chi connectivity index (χ3v) is 3.16. The molecule has 0 aliphatic rings. The maximum atomic E-state index is 5.29. The fourth-order valence-electron chi connectivity index (χ4n) is 1.23. The lowest BCUT2D eigenvalue weighted by Crippen LogP contribution is -2.30. The van der Waals surface area contributed by atoms with E-state index < -0.39 is 0 Å². The van der Waals surface area contributed by atoms with Crippen molar-refractivity contribution in [1.82, 2.24) is 4.98 Å². The number of nitrogens with one attached hydrogen (secondary N) is 1. The number of thiocarbonyl (C=S) groups is 1. The summed E-state index contributed by atoms with van der Waals surface area (Å²) in [5.74, 6) is 0. The van der Waals surface area contributed by atoms with Crippen LogP contribution in [0.25, 0.3) is 0 Å². The molecule has 0 spiro atoms. The minimum atomic E-state index is 0.640. The van der Waals surface area contributed by atoms with Crippen LogP contribution in [-0.4, -0.2) is 17.1 Å². The van der Waals surface area contributed by atoms with Crippen LogP contribution < -0.4 is 10.2 Å². The number of hydrogen-bond acceptors (Lipinski definition) is 3. The molecule has 5 heteroatoms. The highest BCUT2D eigenvalue weighted by molar-refractivity contribution is 7.80. The molecule has 0 atom stereocenters. The maximum Gasteiger partial charge on any atom is 0.188 e. The molecule has 0 saturated heterocycles. The van der Waals surface area contributed by atoms with Gasteiger partial charge in [-0.05, 0) is 24.4 Å². The number of rotatable bonds is 2. The minimum absolute atomic E-state index is 0.640. The van der Waals surface area contributed by atoms with Crippen LogP contribution in [-0.2, 0) is 0 Å². The number of hydrogen-bond donors (Lipinski definition) is 1. The van der Waals surface area contributed by atoms with Gasteiger partial charge in [0.05, 0.1) is 0 Å². The Balaban J connectivity index is 2.05. The second-order valence-electron chi connectivity index (χ2n) is 3.16. The fourth-order valence-corrected chi connectivity index (χ4v) is 2.02. The van der Waals surface area contributed by atoms with Crippen molar-refractivity contribution in [2.24, 2.45) is 0 Å². The molecule has 0 fully saturated rings. The smallest absolute Gasteiger partial charge is 0.188 e. The molecule has 0 bridgehead atoms. The molecule has 1 N–H and O–H groups in total. The fraction of sp³-hybridized carbons (Fsp3) is 0.0909. The largest absolute Gasteiger partial charge is 0.322 e. The zero-order valence-corrected chi connectivity index (χ0v) is 10.4. The van der Waals surface area contributed by atoms with Gasteiger partial charge in [-0.2, -0.15) is 0 Å². The first-order valence-electron chi connectivity index (χ1n) is 4.76. The van der Waals surface area contributed by atoms with Gasteiger partial charge in [-0.3, -0.25) is 0 Å². The molecule has 2 aromatic rings. The van der Waals surface area contributed by atoms with Gasteiger partial charge >= 0.3 is 0 Å². The monoisotopic (exact) mass is 249 g/mol. The van der Waals surface area contributed by atoms with Crippen LogP contribution in [0.1, 0.15) is 0 Å². The molecule has 0 unspecified atom stereocenters. The van der Waals surface area contributed by atoms with Crippen LogP contribution in [0.15, 0.2) is 41.9 Å². The maximum absolute atomic E-state index is 5.29. The van der Waals surface area contributed by atoms with Crippen molar-refractivity contribution in [2.45, 2.75) is 0 Å². The summed E-state index contributed by atoms with van der Waals surface area (Å²) in [6.07, 6.45) is 1.75. The Bertz CT molecular complexity index is 453. The van der Waals surface area contributed by atoms with Crippen LogP contribution >= 0.6 is 23.6 Å². The highest BCUT2D eigenvalue weighted by Gasteiger charge is 2.07. The highest BCUT2D eigenvalue weighted by atomic mass is 32.1. The molecule has 0 saturated carbocycles. The summed E-state index contributed by atoms with van der Waals surface area (Å²) in [7, 11) is 1.93. The van der Waals surface area contributed by atoms with Crippen LogP contribution in [0.4, 0.5) is 10.8 Å². The van der Waals surface area contributed by atoms with Gasteiger partial charge in [-0.25, -0.2) is 4.98 Å². The van der Waals surface area contributed by atoms with E-state index in [0.717, 1.165) is 10.8 Å². The normalized spacial score (nSPS) is 9.81. The number of thiazole rings is 1. The molecular weight excluding hydrogens is 238 g/mol. The molecule has 0 aliphatic carbocycles. The highest BCUT2D eigenvalue weighted by Crippen LogP contribution is 2.15. The Hall–Kier alpha value is -1.46. The molecule has 16 heavy (non-hydrogen) atoms. The molecule has 2 rings (SSSR count). The van der Waals surface area contributed by atoms with Crippen molar-refractivity contribution in [3.8, 4) is 0 Å². The summed E-state index contributed by atoms with van der Waals surface area (Å²) in [5, 5.41) is 6.45. The average molecular weight is 249 g/mol. The molecule has 0 aliphatic heterocycles. The summed E-state index contributed by atoms with van der Waals surface area (Å²) in [6.45, 7) is 0. The Kier molecular flexibility index (Phi) is 3.48. The van der Waals surface area contributed by atoms with E-state index in [4.69, 9.17) is 12.2 Å². The third-order valence-electron chi connectivity index (χ3n) is 2.09. The lowest BCUT2D eigenvalue weighted by molar-refractivity contribution is 1.27. The van der Waals surface area contributed by atoms with Crippen molar-refractivity contribution in [1.29, 1.82) is 0 Å². The number of anilines is 2. The molecule has 82 valence electrons. The number of aromatic nitrogens is 1. The zero-order chi connectivity index (χ0) is 11.4. The van der Waals surface area contributed by atoms with Gasteiger partial charge in [0.15, 0.2) is 10.2 Å². The standard InChI is InChI=1S/C11H11N3S2/c1-14(9-5-3-2-4-6-9)11(15)13-10-12-7-8-16-10/h2-8H,1H3,(H,12,13,15). The summed E-state index contributed by atoms with van der Waals surface area (Å²) in [6, 6.07) is 9.97. The first-order chi connectivity index (χ1) is 7.77. The molecule has 0 radical (unpaired) electrons. The number of para-hydroxylation sites is 1. The van der Waals surface area contributed by atoms with Crippen molar-refractivity contribution < 1.29 is 0 Å². The molecule has 1 aromatic heterocycles. The lowest BCUT2D eigenvalue weighted by Gasteiger charge is -2.19. The van der Waals surface area contributed by atoms with Crippen LogP contribution in [0.3, 0.4) is 0 Å². The van der Waals surface area contributed by atoms with E-state index in [0.29, 0.717) is 5.11 Å². The van der Waals surface area contributed by atoms with Crippen LogP contribution in [0, 0.1) is 0 Å². The molecule has 3 nitrogen and oxygen atoms in total. The van der Waals surface area contributed by atoms with Gasteiger partial charge < -0.3 is 10.2 Å². The van der Waals surface area contributed by atoms with Gasteiger partial charge in [0.25, 0.3) is 0 Å². The van der Waals surface area contributed by atoms with Gasteiger partial charge in [0.1, 0.15) is 0 Å². The molecular formula is C11H11N3S2. The molecule has 1 aromatic carbocycles. The first kappa shape index (κ1) is 11.0. The lowest BCUT2D eigenvalue weighted by atomic mass is 10.3. The number of benzene rings is 1. The van der Waals surface area contributed by atoms with E-state index >= 15 is 0 Å². The minimum Gasteiger partial charge on any atom is -0.322 e. The van der Waals surface area contributed by atoms with Gasteiger partial charge in [-0.1, -0.05) is 18.2 Å². The number of nitrogens with zero attached hydrogens (tertiary/aromatic N) is 2. The second kappa shape index (κ2) is 5.05. The van der Waals surface area contributed by atoms with Crippen molar-refractivity contribution >= 4 is 39.5 Å². The van der Waals surface area contributed by atoms with Crippen LogP contribution in [0.2, 0.25) is 0 Å². The summed E-state index contributed by atoms with van der Waals surface area (Å²) in [5.41, 5.74) is 1.05. The van der Waals surface area contributed by atoms with Crippen molar-refractivity contribution in [3.63, 3.8) is 0 Å². The summed E-state index contributed by atoms with van der Waals surface area (Å²) < 4.78 is 0. The summed E-state index contributed by atoms with van der Waals surface area (Å²) in [4.78, 5) is 6.04. The molecule has 0 amide bonds. The van der Waals surface area contributed by atoms with Crippen molar-refractivity contribution in [2.75, 3.05) is 17.3 Å². The quantitative estimate of drug-likeness (QED) is 0.828. The van der Waals surface area contributed by atoms with Gasteiger partial charge in [0, 0.05) is 24.3 Å². The Morgan fingerprint density at radius 1 is 1.38 bits per heavy atom. The second-order valence-corrected chi connectivity index (χ2v) is 4.44. The predicted octanol–water partition coefficient (Wildman–Crippen LogP) is 2.98. The van der Waals surface area contributed by atoms with Gasteiger partial charge in [-0.15, -0.1) is 11.3 Å². The van der Waals surface area contributed by atoms with E-state index in [2.05, 4.69) is 10.3 Å².